The Morgan fingerprint density at radius 3 is 1.11 bits per heavy atom. The van der Waals surface area contributed by atoms with Gasteiger partial charge in [0.05, 0.1) is 22.7 Å². The van der Waals surface area contributed by atoms with E-state index in [0.29, 0.717) is 11.8 Å². The molecule has 14 rings (SSSR count). The topological polar surface area (TPSA) is 32.8 Å². The standard InChI is InChI=1S/C68H64N2O2S2/c1-73(2,3)47-33-29-45(30-34-47)69(59-25-15-23-53-49-21-11-13-27-63(49)71-67(53)59)61-41-57(43-17-7-8-18-43)51-38-40-56-62(42-58(44-19-9-10-20-44)52-37-39-55(61)65(51)66(52)56)70(46-31-35-48(36-32-46)74(4,5)6)60-26-16-24-54-50-22-12-14-28-64(50)72-68(54)60/h11-16,21-44H,7-10,17-20H2,1-6H3. The molecule has 0 bridgehead atoms. The van der Waals surface area contributed by atoms with E-state index >= 15 is 0 Å². The molecular weight excluding hydrogens is 941 g/mol. The van der Waals surface area contributed by atoms with Crippen molar-refractivity contribution in [3.05, 3.63) is 181 Å². The van der Waals surface area contributed by atoms with E-state index in [1.54, 1.807) is 0 Å². The quantitative estimate of drug-likeness (QED) is 0.128. The van der Waals surface area contributed by atoms with Gasteiger partial charge in [0.2, 0.25) is 0 Å². The zero-order valence-corrected chi connectivity index (χ0v) is 45.1. The average Bonchev–Trinajstić information content (AvgIpc) is 4.30. The molecule has 74 heavy (non-hydrogen) atoms. The van der Waals surface area contributed by atoms with Gasteiger partial charge in [-0.1, -0.05) is 111 Å². The number of fused-ring (bicyclic) bond motifs is 6. The lowest BCUT2D eigenvalue weighted by Gasteiger charge is -2.32. The lowest BCUT2D eigenvalue weighted by atomic mass is 9.82. The first-order chi connectivity index (χ1) is 36.0. The fourth-order valence-electron chi connectivity index (χ4n) is 13.2. The second-order valence-electron chi connectivity index (χ2n) is 22.8. The van der Waals surface area contributed by atoms with Crippen LogP contribution < -0.4 is 9.80 Å². The molecule has 0 N–H and O–H groups in total. The van der Waals surface area contributed by atoms with Crippen LogP contribution in [0.4, 0.5) is 34.1 Å². The number of anilines is 6. The second kappa shape index (κ2) is 17.4. The Hall–Kier alpha value is -6.86. The Bertz CT molecular complexity index is 3850. The molecule has 2 fully saturated rings. The molecule has 0 saturated heterocycles. The van der Waals surface area contributed by atoms with Crippen molar-refractivity contribution in [2.45, 2.75) is 73.0 Å². The van der Waals surface area contributed by atoms with Gasteiger partial charge in [0, 0.05) is 43.7 Å². The first-order valence-electron chi connectivity index (χ1n) is 26.7. The third-order valence-corrected chi connectivity index (χ3v) is 20.2. The van der Waals surface area contributed by atoms with Crippen LogP contribution in [0.5, 0.6) is 0 Å². The lowest BCUT2D eigenvalue weighted by Crippen LogP contribution is -2.14. The maximum atomic E-state index is 6.97. The molecule has 0 radical (unpaired) electrons. The number of benzene rings is 10. The Morgan fingerprint density at radius 1 is 0.351 bits per heavy atom. The summed E-state index contributed by atoms with van der Waals surface area (Å²) in [5, 5.41) is 12.6. The maximum absolute atomic E-state index is 6.97. The second-order valence-corrected chi connectivity index (χ2v) is 31.1. The fourth-order valence-corrected chi connectivity index (χ4v) is 15.1. The first-order valence-corrected chi connectivity index (χ1v) is 32.5. The van der Waals surface area contributed by atoms with Crippen molar-refractivity contribution >= 4 is 130 Å². The van der Waals surface area contributed by atoms with Crippen LogP contribution in [0, 0.1) is 0 Å². The van der Waals surface area contributed by atoms with Gasteiger partial charge in [-0.15, -0.1) is 0 Å². The van der Waals surface area contributed by atoms with Gasteiger partial charge in [0.1, 0.15) is 11.2 Å². The van der Waals surface area contributed by atoms with E-state index < -0.39 is 20.1 Å². The normalized spacial score (nSPS) is 15.6. The van der Waals surface area contributed by atoms with Crippen LogP contribution in [0.15, 0.2) is 188 Å². The molecular formula is C68H64N2O2S2. The number of para-hydroxylation sites is 4. The zero-order valence-electron chi connectivity index (χ0n) is 43.5. The zero-order chi connectivity index (χ0) is 50.0. The summed E-state index contributed by atoms with van der Waals surface area (Å²) in [4.78, 5) is 7.88. The highest BCUT2D eigenvalue weighted by Gasteiger charge is 2.32. The monoisotopic (exact) mass is 1000 g/mol. The average molecular weight is 1010 g/mol. The highest BCUT2D eigenvalue weighted by atomic mass is 32.3. The predicted molar refractivity (Wildman–Crippen MR) is 324 cm³/mol. The number of hydrogen-bond acceptors (Lipinski definition) is 4. The minimum Gasteiger partial charge on any atom is -0.454 e. The van der Waals surface area contributed by atoms with Crippen LogP contribution in [0.25, 0.3) is 76.2 Å². The highest BCUT2D eigenvalue weighted by Crippen LogP contribution is 2.56. The first kappa shape index (κ1) is 45.7. The molecule has 4 nitrogen and oxygen atoms in total. The van der Waals surface area contributed by atoms with Crippen LogP contribution >= 0.6 is 20.1 Å². The summed E-state index contributed by atoms with van der Waals surface area (Å²) in [6.45, 7) is 0. The van der Waals surface area contributed by atoms with Crippen LogP contribution in [-0.2, 0) is 0 Å². The van der Waals surface area contributed by atoms with Crippen molar-refractivity contribution in [2.75, 3.05) is 47.3 Å². The van der Waals surface area contributed by atoms with Crippen molar-refractivity contribution in [3.63, 3.8) is 0 Å². The number of hydrogen-bond donors (Lipinski definition) is 0. The van der Waals surface area contributed by atoms with Crippen molar-refractivity contribution in [2.24, 2.45) is 0 Å². The summed E-state index contributed by atoms with van der Waals surface area (Å²) in [6, 6.07) is 64.6. The van der Waals surface area contributed by atoms with Crippen molar-refractivity contribution < 1.29 is 8.83 Å². The summed E-state index contributed by atoms with van der Waals surface area (Å²) in [6.07, 6.45) is 24.2. The van der Waals surface area contributed by atoms with Crippen LogP contribution in [0.3, 0.4) is 0 Å². The largest absolute Gasteiger partial charge is 0.454 e. The van der Waals surface area contributed by atoms with Gasteiger partial charge < -0.3 is 18.6 Å². The summed E-state index contributed by atoms with van der Waals surface area (Å²) < 4.78 is 13.9. The smallest absolute Gasteiger partial charge is 0.159 e. The molecule has 2 saturated carbocycles. The van der Waals surface area contributed by atoms with Gasteiger partial charge in [0.15, 0.2) is 11.2 Å². The van der Waals surface area contributed by atoms with E-state index in [2.05, 4.69) is 217 Å². The third-order valence-electron chi connectivity index (χ3n) is 16.8. The Labute approximate surface area is 437 Å². The SMILES string of the molecule is CS(C)(C)c1ccc(N(c2cc(C3CCCC3)c3ccc4c(N(c5ccc(S(C)(C)C)cc5)c5cccc6c5oc5ccccc56)cc(C5CCCC5)c5ccc2c3c54)c2cccc3c2oc2ccccc23)cc1. The molecule has 0 aliphatic heterocycles. The Kier molecular flexibility index (Phi) is 10.7. The van der Waals surface area contributed by atoms with E-state index in [0.717, 1.165) is 66.6 Å². The van der Waals surface area contributed by atoms with E-state index in [1.807, 2.05) is 0 Å². The van der Waals surface area contributed by atoms with Crippen LogP contribution in [0.2, 0.25) is 0 Å². The molecule has 12 aromatic rings. The summed E-state index contributed by atoms with van der Waals surface area (Å²) in [5.41, 5.74) is 13.4. The number of nitrogens with zero attached hydrogens (tertiary/aromatic N) is 2. The summed E-state index contributed by atoms with van der Waals surface area (Å²) in [5.74, 6) is 0.932. The minimum absolute atomic E-state index is 0.466. The van der Waals surface area contributed by atoms with Gasteiger partial charge in [-0.2, -0.15) is 0 Å². The van der Waals surface area contributed by atoms with Gasteiger partial charge in [-0.3, -0.25) is 0 Å². The van der Waals surface area contributed by atoms with E-state index in [-0.39, 0.29) is 0 Å². The van der Waals surface area contributed by atoms with Crippen LogP contribution in [-0.4, -0.2) is 37.5 Å². The van der Waals surface area contributed by atoms with E-state index in [1.165, 1.54) is 116 Å². The van der Waals surface area contributed by atoms with Crippen molar-refractivity contribution in [1.29, 1.82) is 0 Å². The lowest BCUT2D eigenvalue weighted by molar-refractivity contribution is 0.668. The molecule has 2 heterocycles. The summed E-state index contributed by atoms with van der Waals surface area (Å²) in [7, 11) is -1.90. The summed E-state index contributed by atoms with van der Waals surface area (Å²) >= 11 is 0. The molecule has 0 amide bonds. The molecule has 0 spiro atoms. The van der Waals surface area contributed by atoms with Crippen molar-refractivity contribution in [1.82, 2.24) is 0 Å². The predicted octanol–water partition coefficient (Wildman–Crippen LogP) is 20.7. The Balaban J connectivity index is 1.11. The van der Waals surface area contributed by atoms with Gasteiger partial charge in [0.25, 0.3) is 0 Å². The van der Waals surface area contributed by atoms with E-state index in [4.69, 9.17) is 8.83 Å². The van der Waals surface area contributed by atoms with Crippen LogP contribution in [0.1, 0.15) is 74.3 Å². The van der Waals surface area contributed by atoms with Gasteiger partial charge >= 0.3 is 0 Å². The van der Waals surface area contributed by atoms with Gasteiger partial charge in [-0.05, 0) is 202 Å². The number of rotatable bonds is 10. The molecule has 370 valence electrons. The maximum Gasteiger partial charge on any atom is 0.159 e. The van der Waals surface area contributed by atoms with Crippen molar-refractivity contribution in [3.8, 4) is 0 Å². The van der Waals surface area contributed by atoms with Gasteiger partial charge in [-0.25, -0.2) is 20.1 Å². The molecule has 2 aliphatic rings. The molecule has 2 aliphatic carbocycles. The molecule has 10 aromatic carbocycles. The molecule has 2 aromatic heterocycles. The molecule has 6 heteroatoms. The fraction of sp³-hybridized carbons (Fsp3) is 0.235. The number of furan rings is 2. The molecule has 0 atom stereocenters. The third kappa shape index (κ3) is 7.34. The molecule has 0 unspecified atom stereocenters. The van der Waals surface area contributed by atoms with E-state index in [9.17, 15) is 0 Å². The Morgan fingerprint density at radius 2 is 0.716 bits per heavy atom. The minimum atomic E-state index is -0.951. The highest BCUT2D eigenvalue weighted by molar-refractivity contribution is 8.32.